The Morgan fingerprint density at radius 3 is 2.55 bits per heavy atom. The molecule has 1 N–H and O–H groups in total. The highest BCUT2D eigenvalue weighted by molar-refractivity contribution is 5.94. The lowest BCUT2D eigenvalue weighted by Gasteiger charge is -2.30. The second-order valence-electron chi connectivity index (χ2n) is 7.12. The van der Waals surface area contributed by atoms with E-state index in [1.54, 1.807) is 31.3 Å². The molecular formula is C22H23N5O2. The molecule has 0 saturated carbocycles. The second kappa shape index (κ2) is 8.26. The van der Waals surface area contributed by atoms with Gasteiger partial charge in [0.15, 0.2) is 5.65 Å². The summed E-state index contributed by atoms with van der Waals surface area (Å²) in [5.41, 5.74) is 2.33. The molecule has 29 heavy (non-hydrogen) atoms. The first kappa shape index (κ1) is 18.9. The fraction of sp³-hybridized carbons (Fsp3) is 0.273. The molecule has 0 radical (unpaired) electrons. The van der Waals surface area contributed by atoms with Crippen LogP contribution in [0.5, 0.6) is 0 Å². The van der Waals surface area contributed by atoms with Gasteiger partial charge in [-0.25, -0.2) is 0 Å². The van der Waals surface area contributed by atoms with Gasteiger partial charge in [0.1, 0.15) is 5.82 Å². The van der Waals surface area contributed by atoms with Crippen LogP contribution in [-0.4, -0.2) is 51.4 Å². The average Bonchev–Trinajstić information content (AvgIpc) is 3.21. The van der Waals surface area contributed by atoms with Gasteiger partial charge < -0.3 is 10.2 Å². The van der Waals surface area contributed by atoms with Gasteiger partial charge in [-0.05, 0) is 48.7 Å². The molecule has 148 valence electrons. The molecular weight excluding hydrogens is 366 g/mol. The monoisotopic (exact) mass is 389 g/mol. The normalized spacial score (nSPS) is 15.1. The van der Waals surface area contributed by atoms with Gasteiger partial charge in [0.05, 0.1) is 0 Å². The number of pyridine rings is 1. The molecule has 1 fully saturated rings. The van der Waals surface area contributed by atoms with Crippen molar-refractivity contribution in [1.82, 2.24) is 24.8 Å². The van der Waals surface area contributed by atoms with Crippen molar-refractivity contribution in [2.45, 2.75) is 18.8 Å². The number of nitrogens with zero attached hydrogens (tertiary/aromatic N) is 4. The second-order valence-corrected chi connectivity index (χ2v) is 7.12. The van der Waals surface area contributed by atoms with Crippen LogP contribution in [0.1, 0.15) is 40.5 Å². The van der Waals surface area contributed by atoms with Crippen LogP contribution < -0.4 is 5.32 Å². The number of hydrogen-bond acceptors (Lipinski definition) is 4. The summed E-state index contributed by atoms with van der Waals surface area (Å²) in [6, 6.07) is 13.0. The fourth-order valence-corrected chi connectivity index (χ4v) is 3.66. The highest BCUT2D eigenvalue weighted by atomic mass is 16.2. The zero-order valence-corrected chi connectivity index (χ0v) is 16.3. The molecule has 7 nitrogen and oxygen atoms in total. The van der Waals surface area contributed by atoms with Gasteiger partial charge in [0.2, 0.25) is 5.91 Å². The number of carbonyl (C=O) groups is 2. The third kappa shape index (κ3) is 4.03. The lowest BCUT2D eigenvalue weighted by Crippen LogP contribution is -2.37. The quantitative estimate of drug-likeness (QED) is 0.696. The van der Waals surface area contributed by atoms with Crippen LogP contribution in [0.25, 0.3) is 11.7 Å². The van der Waals surface area contributed by atoms with Gasteiger partial charge in [-0.1, -0.05) is 18.2 Å². The van der Waals surface area contributed by atoms with Crippen LogP contribution in [0.4, 0.5) is 0 Å². The van der Waals surface area contributed by atoms with Crippen molar-refractivity contribution in [3.63, 3.8) is 0 Å². The summed E-state index contributed by atoms with van der Waals surface area (Å²) in [5, 5.41) is 11.2. The number of piperidine rings is 1. The number of carbonyl (C=O) groups excluding carboxylic acids is 2. The smallest absolute Gasteiger partial charge is 0.251 e. The summed E-state index contributed by atoms with van der Waals surface area (Å²) >= 11 is 0. The summed E-state index contributed by atoms with van der Waals surface area (Å²) in [6.45, 7) is 1.40. The Kier molecular flexibility index (Phi) is 5.37. The molecule has 3 heterocycles. The first-order chi connectivity index (χ1) is 14.2. The predicted molar refractivity (Wildman–Crippen MR) is 110 cm³/mol. The Balaban J connectivity index is 1.35. The molecule has 0 spiro atoms. The number of benzene rings is 1. The first-order valence-corrected chi connectivity index (χ1v) is 9.74. The Morgan fingerprint density at radius 2 is 1.83 bits per heavy atom. The van der Waals surface area contributed by atoms with Gasteiger partial charge in [0.25, 0.3) is 5.91 Å². The molecule has 7 heteroatoms. The molecule has 1 aliphatic rings. The molecule has 1 saturated heterocycles. The van der Waals surface area contributed by atoms with Crippen molar-refractivity contribution < 1.29 is 9.59 Å². The van der Waals surface area contributed by atoms with Crippen molar-refractivity contribution in [3.05, 3.63) is 71.7 Å². The minimum Gasteiger partial charge on any atom is -0.355 e. The molecule has 0 unspecified atom stereocenters. The van der Waals surface area contributed by atoms with E-state index >= 15 is 0 Å². The number of rotatable bonds is 4. The zero-order valence-electron chi connectivity index (χ0n) is 16.3. The van der Waals surface area contributed by atoms with Gasteiger partial charge in [-0.15, -0.1) is 10.2 Å². The average molecular weight is 389 g/mol. The van der Waals surface area contributed by atoms with Crippen molar-refractivity contribution >= 4 is 23.5 Å². The number of amides is 2. The first-order valence-electron chi connectivity index (χ1n) is 9.74. The van der Waals surface area contributed by atoms with Crippen LogP contribution >= 0.6 is 0 Å². The Hall–Kier alpha value is -3.48. The lowest BCUT2D eigenvalue weighted by molar-refractivity contribution is -0.127. The SMILES string of the molecule is CNC(=O)c1ccc(/C=C/C(=O)N2CCC(c3nnc4ccccn34)CC2)cc1. The van der Waals surface area contributed by atoms with Crippen LogP contribution in [0, 0.1) is 0 Å². The van der Waals surface area contributed by atoms with E-state index in [0.717, 1.165) is 29.9 Å². The summed E-state index contributed by atoms with van der Waals surface area (Å²) < 4.78 is 2.03. The van der Waals surface area contributed by atoms with Crippen LogP contribution in [0.15, 0.2) is 54.7 Å². The maximum atomic E-state index is 12.5. The van der Waals surface area contributed by atoms with E-state index in [9.17, 15) is 9.59 Å². The van der Waals surface area contributed by atoms with E-state index in [-0.39, 0.29) is 11.8 Å². The highest BCUT2D eigenvalue weighted by Crippen LogP contribution is 2.27. The number of aromatic nitrogens is 3. The van der Waals surface area contributed by atoms with E-state index < -0.39 is 0 Å². The molecule has 3 aromatic rings. The zero-order chi connectivity index (χ0) is 20.2. The van der Waals surface area contributed by atoms with E-state index in [1.807, 2.05) is 45.8 Å². The van der Waals surface area contributed by atoms with E-state index in [4.69, 9.17) is 0 Å². The molecule has 0 aliphatic carbocycles. The predicted octanol–water partition coefficient (Wildman–Crippen LogP) is 2.51. The maximum absolute atomic E-state index is 12.5. The van der Waals surface area contributed by atoms with E-state index in [2.05, 4.69) is 15.5 Å². The third-order valence-corrected chi connectivity index (χ3v) is 5.33. The number of likely N-dealkylation sites (tertiary alicyclic amines) is 1. The Bertz CT molecular complexity index is 1050. The lowest BCUT2D eigenvalue weighted by atomic mass is 9.96. The van der Waals surface area contributed by atoms with Crippen molar-refractivity contribution in [1.29, 1.82) is 0 Å². The molecule has 1 aromatic carbocycles. The molecule has 4 rings (SSSR count). The van der Waals surface area contributed by atoms with Gasteiger partial charge in [-0.3, -0.25) is 14.0 Å². The summed E-state index contributed by atoms with van der Waals surface area (Å²) in [6.07, 6.45) is 7.11. The number of fused-ring (bicyclic) bond motifs is 1. The van der Waals surface area contributed by atoms with Gasteiger partial charge in [-0.2, -0.15) is 0 Å². The minimum atomic E-state index is -0.125. The van der Waals surface area contributed by atoms with E-state index in [0.29, 0.717) is 24.6 Å². The number of nitrogens with one attached hydrogen (secondary N) is 1. The molecule has 1 aliphatic heterocycles. The van der Waals surface area contributed by atoms with Crippen LogP contribution in [-0.2, 0) is 4.79 Å². The number of hydrogen-bond donors (Lipinski definition) is 1. The molecule has 0 atom stereocenters. The Morgan fingerprint density at radius 1 is 1.07 bits per heavy atom. The van der Waals surface area contributed by atoms with Crippen molar-refractivity contribution in [3.8, 4) is 0 Å². The minimum absolute atomic E-state index is 0.00456. The maximum Gasteiger partial charge on any atom is 0.251 e. The van der Waals surface area contributed by atoms with E-state index in [1.165, 1.54) is 0 Å². The van der Waals surface area contributed by atoms with Crippen molar-refractivity contribution in [2.75, 3.05) is 20.1 Å². The third-order valence-electron chi connectivity index (χ3n) is 5.33. The topological polar surface area (TPSA) is 79.6 Å². The Labute approximate surface area is 169 Å². The van der Waals surface area contributed by atoms with Crippen LogP contribution in [0.3, 0.4) is 0 Å². The molecule has 0 bridgehead atoms. The summed E-state index contributed by atoms with van der Waals surface area (Å²) in [7, 11) is 1.60. The summed E-state index contributed by atoms with van der Waals surface area (Å²) in [5.74, 6) is 1.15. The molecule has 2 amide bonds. The largest absolute Gasteiger partial charge is 0.355 e. The van der Waals surface area contributed by atoms with Crippen LogP contribution in [0.2, 0.25) is 0 Å². The summed E-state index contributed by atoms with van der Waals surface area (Å²) in [4.78, 5) is 26.0. The fourth-order valence-electron chi connectivity index (χ4n) is 3.66. The standard InChI is InChI=1S/C22H23N5O2/c1-23-22(29)18-8-5-16(6-9-18)7-10-20(28)26-14-11-17(12-15-26)21-25-24-19-4-2-3-13-27(19)21/h2-10,13,17H,11-12,14-15H2,1H3,(H,23,29)/b10-7+. The van der Waals surface area contributed by atoms with Crippen molar-refractivity contribution in [2.24, 2.45) is 0 Å². The van der Waals surface area contributed by atoms with Gasteiger partial charge >= 0.3 is 0 Å². The highest BCUT2D eigenvalue weighted by Gasteiger charge is 2.25. The van der Waals surface area contributed by atoms with Gasteiger partial charge in [0, 0.05) is 43.9 Å². The molecule has 2 aromatic heterocycles.